The van der Waals surface area contributed by atoms with E-state index < -0.39 is 0 Å². The Labute approximate surface area is 196 Å². The Morgan fingerprint density at radius 2 is 1.91 bits per heavy atom. The Balaban J connectivity index is 1.40. The van der Waals surface area contributed by atoms with Gasteiger partial charge in [0, 0.05) is 50.0 Å². The van der Waals surface area contributed by atoms with Crippen LogP contribution in [0.2, 0.25) is 0 Å². The fourth-order valence-corrected chi connectivity index (χ4v) is 5.15. The molecule has 0 spiro atoms. The summed E-state index contributed by atoms with van der Waals surface area (Å²) in [6.07, 6.45) is 11.1. The van der Waals surface area contributed by atoms with Gasteiger partial charge in [0.25, 0.3) is 0 Å². The molecule has 2 aromatic rings. The van der Waals surface area contributed by atoms with Gasteiger partial charge in [-0.05, 0) is 51.2 Å². The fourth-order valence-electron chi connectivity index (χ4n) is 5.15. The van der Waals surface area contributed by atoms with E-state index in [-0.39, 0.29) is 6.04 Å². The van der Waals surface area contributed by atoms with Crippen LogP contribution in [0.1, 0.15) is 32.6 Å². The Morgan fingerprint density at radius 1 is 1.12 bits per heavy atom. The lowest BCUT2D eigenvalue weighted by molar-refractivity contribution is 0.312. The van der Waals surface area contributed by atoms with Crippen molar-refractivity contribution in [3.05, 3.63) is 36.7 Å². The molecule has 3 aliphatic rings. The van der Waals surface area contributed by atoms with Gasteiger partial charge in [-0.3, -0.25) is 0 Å². The maximum Gasteiger partial charge on any atom is 0.229 e. The SMILES string of the molecule is COc1cc(N2CCN(C)CC2)ccc1Nc1ncc2c(n1)N(C1CCCC1)C(C)C=CN2. The molecule has 0 bridgehead atoms. The van der Waals surface area contributed by atoms with Gasteiger partial charge in [-0.1, -0.05) is 12.8 Å². The number of methoxy groups -OCH3 is 1. The van der Waals surface area contributed by atoms with E-state index >= 15 is 0 Å². The maximum atomic E-state index is 5.73. The second-order valence-electron chi connectivity index (χ2n) is 9.32. The standard InChI is InChI=1S/C25H35N7O/c1-18-10-11-26-22-17-27-25(29-24(22)32(18)19-6-4-5-7-19)28-21-9-8-20(16-23(21)33-3)31-14-12-30(2)13-15-31/h8-11,16-19,26H,4-7,12-15H2,1-3H3,(H,27,28,29). The highest BCUT2D eigenvalue weighted by Gasteiger charge is 2.30. The zero-order valence-electron chi connectivity index (χ0n) is 19.9. The van der Waals surface area contributed by atoms with E-state index in [2.05, 4.69) is 68.6 Å². The second kappa shape index (κ2) is 9.47. The Morgan fingerprint density at radius 3 is 2.67 bits per heavy atom. The Bertz CT molecular complexity index is 996. The van der Waals surface area contributed by atoms with Crippen molar-refractivity contribution in [1.29, 1.82) is 0 Å². The first-order chi connectivity index (χ1) is 16.1. The van der Waals surface area contributed by atoms with Crippen molar-refractivity contribution in [3.8, 4) is 5.75 Å². The van der Waals surface area contributed by atoms with Gasteiger partial charge in [0.2, 0.25) is 5.95 Å². The number of nitrogens with one attached hydrogen (secondary N) is 2. The predicted molar refractivity (Wildman–Crippen MR) is 135 cm³/mol. The molecular weight excluding hydrogens is 414 g/mol. The third kappa shape index (κ3) is 4.57. The van der Waals surface area contributed by atoms with Crippen LogP contribution < -0.4 is 25.2 Å². The van der Waals surface area contributed by atoms with E-state index in [0.717, 1.165) is 49.1 Å². The van der Waals surface area contributed by atoms with Crippen LogP contribution in [0.3, 0.4) is 0 Å². The summed E-state index contributed by atoms with van der Waals surface area (Å²) in [5.74, 6) is 2.34. The molecule has 1 saturated carbocycles. The summed E-state index contributed by atoms with van der Waals surface area (Å²) in [6, 6.07) is 7.12. The molecule has 1 atom stereocenters. The highest BCUT2D eigenvalue weighted by atomic mass is 16.5. The number of piperazine rings is 1. The van der Waals surface area contributed by atoms with Crippen molar-refractivity contribution < 1.29 is 4.74 Å². The Kier molecular flexibility index (Phi) is 6.26. The lowest BCUT2D eigenvalue weighted by Crippen LogP contribution is -2.44. The minimum absolute atomic E-state index is 0.280. The summed E-state index contributed by atoms with van der Waals surface area (Å²) in [7, 11) is 3.89. The number of likely N-dealkylation sites (N-methyl/N-ethyl adjacent to an activating group) is 1. The van der Waals surface area contributed by atoms with Gasteiger partial charge in [0.15, 0.2) is 5.82 Å². The van der Waals surface area contributed by atoms with E-state index in [1.54, 1.807) is 7.11 Å². The molecule has 1 saturated heterocycles. The molecule has 5 rings (SSSR count). The van der Waals surface area contributed by atoms with Crippen molar-refractivity contribution in [1.82, 2.24) is 14.9 Å². The molecular formula is C25H35N7O. The molecule has 8 heteroatoms. The number of aromatic nitrogens is 2. The molecule has 1 aromatic carbocycles. The molecule has 1 aromatic heterocycles. The van der Waals surface area contributed by atoms with Crippen molar-refractivity contribution in [2.24, 2.45) is 0 Å². The molecule has 3 heterocycles. The van der Waals surface area contributed by atoms with Gasteiger partial charge < -0.3 is 30.1 Å². The van der Waals surface area contributed by atoms with Gasteiger partial charge in [0.1, 0.15) is 11.4 Å². The molecule has 33 heavy (non-hydrogen) atoms. The first kappa shape index (κ1) is 21.8. The summed E-state index contributed by atoms with van der Waals surface area (Å²) < 4.78 is 5.73. The molecule has 8 nitrogen and oxygen atoms in total. The molecule has 1 unspecified atom stereocenters. The third-order valence-electron chi connectivity index (χ3n) is 7.08. The molecule has 2 aliphatic heterocycles. The third-order valence-corrected chi connectivity index (χ3v) is 7.08. The van der Waals surface area contributed by atoms with E-state index in [1.807, 2.05) is 12.4 Å². The van der Waals surface area contributed by atoms with Crippen LogP contribution in [0.4, 0.5) is 28.8 Å². The van der Waals surface area contributed by atoms with E-state index in [1.165, 1.54) is 31.4 Å². The van der Waals surface area contributed by atoms with Gasteiger partial charge in [0.05, 0.1) is 19.0 Å². The zero-order chi connectivity index (χ0) is 22.8. The van der Waals surface area contributed by atoms with Crippen LogP contribution in [0.15, 0.2) is 36.7 Å². The average molecular weight is 450 g/mol. The van der Waals surface area contributed by atoms with Gasteiger partial charge in [-0.2, -0.15) is 4.98 Å². The lowest BCUT2D eigenvalue weighted by Gasteiger charge is -2.34. The lowest BCUT2D eigenvalue weighted by atomic mass is 10.1. The molecule has 0 amide bonds. The number of ether oxygens (including phenoxy) is 1. The van der Waals surface area contributed by atoms with Crippen LogP contribution in [0.25, 0.3) is 0 Å². The van der Waals surface area contributed by atoms with E-state index in [0.29, 0.717) is 12.0 Å². The van der Waals surface area contributed by atoms with Crippen LogP contribution in [-0.2, 0) is 0 Å². The largest absolute Gasteiger partial charge is 0.494 e. The van der Waals surface area contributed by atoms with Crippen LogP contribution in [0, 0.1) is 0 Å². The first-order valence-corrected chi connectivity index (χ1v) is 12.1. The maximum absolute atomic E-state index is 5.73. The minimum atomic E-state index is 0.280. The number of hydrogen-bond donors (Lipinski definition) is 2. The first-order valence-electron chi connectivity index (χ1n) is 12.1. The zero-order valence-corrected chi connectivity index (χ0v) is 19.9. The number of fused-ring (bicyclic) bond motifs is 1. The summed E-state index contributed by atoms with van der Waals surface area (Å²) >= 11 is 0. The summed E-state index contributed by atoms with van der Waals surface area (Å²) in [5, 5.41) is 6.77. The van der Waals surface area contributed by atoms with Crippen molar-refractivity contribution in [2.75, 3.05) is 60.8 Å². The van der Waals surface area contributed by atoms with Crippen molar-refractivity contribution in [2.45, 2.75) is 44.7 Å². The number of nitrogens with zero attached hydrogens (tertiary/aromatic N) is 5. The topological polar surface area (TPSA) is 68.8 Å². The van der Waals surface area contributed by atoms with Crippen molar-refractivity contribution in [3.63, 3.8) is 0 Å². The van der Waals surface area contributed by atoms with Gasteiger partial charge in [-0.15, -0.1) is 0 Å². The van der Waals surface area contributed by atoms with Crippen LogP contribution in [-0.4, -0.2) is 67.3 Å². The molecule has 2 fully saturated rings. The molecule has 0 radical (unpaired) electrons. The highest BCUT2D eigenvalue weighted by Crippen LogP contribution is 2.37. The summed E-state index contributed by atoms with van der Waals surface area (Å²) in [4.78, 5) is 16.8. The number of hydrogen-bond acceptors (Lipinski definition) is 8. The predicted octanol–water partition coefficient (Wildman–Crippen LogP) is 4.06. The van der Waals surface area contributed by atoms with E-state index in [4.69, 9.17) is 9.72 Å². The quantitative estimate of drug-likeness (QED) is 0.708. The van der Waals surface area contributed by atoms with Gasteiger partial charge in [-0.25, -0.2) is 4.98 Å². The monoisotopic (exact) mass is 449 g/mol. The summed E-state index contributed by atoms with van der Waals surface area (Å²) in [6.45, 7) is 6.43. The van der Waals surface area contributed by atoms with Crippen molar-refractivity contribution >= 4 is 28.8 Å². The fraction of sp³-hybridized carbons (Fsp3) is 0.520. The normalized spacial score (nSPS) is 21.5. The summed E-state index contributed by atoms with van der Waals surface area (Å²) in [5.41, 5.74) is 3.01. The number of anilines is 5. The molecule has 2 N–H and O–H groups in total. The van der Waals surface area contributed by atoms with Gasteiger partial charge >= 0.3 is 0 Å². The average Bonchev–Trinajstić information content (AvgIpc) is 3.30. The van der Waals surface area contributed by atoms with Crippen LogP contribution in [0.5, 0.6) is 5.75 Å². The number of benzene rings is 1. The second-order valence-corrected chi connectivity index (χ2v) is 9.32. The number of rotatable bonds is 5. The highest BCUT2D eigenvalue weighted by molar-refractivity contribution is 5.73. The minimum Gasteiger partial charge on any atom is -0.494 e. The van der Waals surface area contributed by atoms with Crippen LogP contribution >= 0.6 is 0 Å². The molecule has 1 aliphatic carbocycles. The smallest absolute Gasteiger partial charge is 0.229 e. The molecule has 176 valence electrons. The Hall–Kier alpha value is -3.00. The van der Waals surface area contributed by atoms with E-state index in [9.17, 15) is 0 Å².